The number of nitrogens with zero attached hydrogens (tertiary/aromatic N) is 6. The molecule has 152 valence electrons. The third kappa shape index (κ3) is 3.04. The fraction of sp³-hybridized carbons (Fsp3) is 0.550. The van der Waals surface area contributed by atoms with Crippen LogP contribution in [-0.2, 0) is 9.59 Å². The van der Waals surface area contributed by atoms with Crippen LogP contribution in [0.25, 0.3) is 0 Å². The van der Waals surface area contributed by atoms with Crippen LogP contribution in [0.4, 0.5) is 5.95 Å². The largest absolute Gasteiger partial charge is 0.370 e. The Kier molecular flexibility index (Phi) is 4.44. The molecule has 9 heteroatoms. The minimum absolute atomic E-state index is 0.0258. The monoisotopic (exact) mass is 395 g/mol. The van der Waals surface area contributed by atoms with Gasteiger partial charge in [0.15, 0.2) is 5.96 Å². The highest BCUT2D eigenvalue weighted by molar-refractivity contribution is 6.06. The van der Waals surface area contributed by atoms with Crippen molar-refractivity contribution in [3.8, 4) is 0 Å². The fourth-order valence-corrected chi connectivity index (χ4v) is 5.14. The second kappa shape index (κ2) is 7.13. The van der Waals surface area contributed by atoms with Crippen LogP contribution in [0.15, 0.2) is 35.6 Å². The Morgan fingerprint density at radius 3 is 2.28 bits per heavy atom. The molecule has 3 heterocycles. The number of carbonyl (C=O) groups is 2. The molecule has 9 nitrogen and oxygen atoms in total. The zero-order chi connectivity index (χ0) is 20.0. The van der Waals surface area contributed by atoms with E-state index in [-0.39, 0.29) is 35.5 Å². The highest BCUT2D eigenvalue weighted by Gasteiger charge is 2.58. The summed E-state index contributed by atoms with van der Waals surface area (Å²) in [6.07, 6.45) is 8.64. The summed E-state index contributed by atoms with van der Waals surface area (Å²) in [5.74, 6) is 1.32. The van der Waals surface area contributed by atoms with E-state index in [0.717, 1.165) is 38.5 Å². The maximum atomic E-state index is 12.7. The van der Waals surface area contributed by atoms with E-state index in [2.05, 4.69) is 32.0 Å². The third-order valence-corrected chi connectivity index (χ3v) is 6.60. The zero-order valence-electron chi connectivity index (χ0n) is 16.2. The lowest BCUT2D eigenvalue weighted by Crippen LogP contribution is -2.51. The molecular formula is C20H25N7O2. The second-order valence-corrected chi connectivity index (χ2v) is 8.09. The molecule has 1 aromatic rings. The minimum atomic E-state index is -0.146. The van der Waals surface area contributed by atoms with Crippen molar-refractivity contribution < 1.29 is 9.59 Å². The van der Waals surface area contributed by atoms with Crippen molar-refractivity contribution in [3.63, 3.8) is 0 Å². The number of aromatic nitrogens is 2. The smallest absolute Gasteiger partial charge is 0.233 e. The molecular weight excluding hydrogens is 370 g/mol. The number of amides is 2. The maximum Gasteiger partial charge on any atom is 0.233 e. The molecule has 2 saturated heterocycles. The molecule has 29 heavy (non-hydrogen) atoms. The first-order chi connectivity index (χ1) is 14.1. The number of imide groups is 1. The Bertz CT molecular complexity index is 833. The number of fused-ring (bicyclic) bond motifs is 5. The summed E-state index contributed by atoms with van der Waals surface area (Å²) in [7, 11) is 0. The van der Waals surface area contributed by atoms with Gasteiger partial charge in [-0.1, -0.05) is 12.2 Å². The van der Waals surface area contributed by atoms with Gasteiger partial charge in [-0.05, 0) is 24.3 Å². The second-order valence-electron chi connectivity index (χ2n) is 8.09. The van der Waals surface area contributed by atoms with Crippen LogP contribution in [0.5, 0.6) is 0 Å². The van der Waals surface area contributed by atoms with Crippen molar-refractivity contribution in [1.82, 2.24) is 19.8 Å². The maximum absolute atomic E-state index is 12.7. The van der Waals surface area contributed by atoms with E-state index in [1.54, 1.807) is 18.5 Å². The average molecular weight is 395 g/mol. The first-order valence-corrected chi connectivity index (χ1v) is 10.2. The number of guanidine groups is 1. The standard InChI is InChI=1S/C20H25N7O2/c21-19(25-8-10-26(11-9-25)20-23-4-1-5-24-20)22-6-7-27-17(28)15-13-2-3-14(12-13)16(15)18(27)29/h1-5,13-16H,6-12H2,(H2,21,22). The van der Waals surface area contributed by atoms with Crippen LogP contribution in [0.3, 0.4) is 0 Å². The summed E-state index contributed by atoms with van der Waals surface area (Å²) in [4.78, 5) is 43.9. The van der Waals surface area contributed by atoms with Gasteiger partial charge in [0.05, 0.1) is 18.4 Å². The Morgan fingerprint density at radius 2 is 1.66 bits per heavy atom. The highest BCUT2D eigenvalue weighted by atomic mass is 16.2. The molecule has 2 aliphatic heterocycles. The van der Waals surface area contributed by atoms with Gasteiger partial charge in [-0.15, -0.1) is 0 Å². The molecule has 2 N–H and O–H groups in total. The van der Waals surface area contributed by atoms with Crippen molar-refractivity contribution in [2.24, 2.45) is 34.4 Å². The Balaban J connectivity index is 1.14. The lowest BCUT2D eigenvalue weighted by molar-refractivity contribution is -0.140. The van der Waals surface area contributed by atoms with Crippen molar-refractivity contribution in [1.29, 1.82) is 0 Å². The first kappa shape index (κ1) is 18.1. The summed E-state index contributed by atoms with van der Waals surface area (Å²) >= 11 is 0. The SMILES string of the molecule is NC(=NCCN1C(=O)C2C3C=CC(C3)C2C1=O)N1CCN(c2ncccn2)CC1. The van der Waals surface area contributed by atoms with Crippen LogP contribution in [0, 0.1) is 23.7 Å². The van der Waals surface area contributed by atoms with Gasteiger partial charge in [0.2, 0.25) is 17.8 Å². The van der Waals surface area contributed by atoms with E-state index in [1.165, 1.54) is 4.90 Å². The number of hydrogen-bond donors (Lipinski definition) is 1. The van der Waals surface area contributed by atoms with Crippen molar-refractivity contribution >= 4 is 23.7 Å². The molecule has 0 aromatic carbocycles. The predicted octanol–water partition coefficient (Wildman–Crippen LogP) is -0.280. The lowest BCUT2D eigenvalue weighted by Gasteiger charge is -2.35. The summed E-state index contributed by atoms with van der Waals surface area (Å²) in [5.41, 5.74) is 6.16. The molecule has 4 aliphatic rings. The van der Waals surface area contributed by atoms with Gasteiger partial charge in [0.25, 0.3) is 0 Å². The molecule has 0 radical (unpaired) electrons. The summed E-state index contributed by atoms with van der Waals surface area (Å²) in [5, 5.41) is 0. The lowest BCUT2D eigenvalue weighted by atomic mass is 9.85. The van der Waals surface area contributed by atoms with Gasteiger partial charge >= 0.3 is 0 Å². The number of anilines is 1. The zero-order valence-corrected chi connectivity index (χ0v) is 16.2. The Morgan fingerprint density at radius 1 is 1.03 bits per heavy atom. The van der Waals surface area contributed by atoms with Gasteiger partial charge in [-0.2, -0.15) is 0 Å². The topological polar surface area (TPSA) is 108 Å². The molecule has 2 aliphatic carbocycles. The molecule has 0 spiro atoms. The Hall–Kier alpha value is -2.97. The molecule has 4 unspecified atom stereocenters. The number of aliphatic imine (C=N–C) groups is 1. The van der Waals surface area contributed by atoms with Gasteiger partial charge in [0.1, 0.15) is 0 Å². The van der Waals surface area contributed by atoms with E-state index >= 15 is 0 Å². The first-order valence-electron chi connectivity index (χ1n) is 10.2. The summed E-state index contributed by atoms with van der Waals surface area (Å²) < 4.78 is 0. The minimum Gasteiger partial charge on any atom is -0.370 e. The van der Waals surface area contributed by atoms with Crippen LogP contribution in [0.1, 0.15) is 6.42 Å². The van der Waals surface area contributed by atoms with Gasteiger partial charge in [-0.3, -0.25) is 19.5 Å². The number of hydrogen-bond acceptors (Lipinski definition) is 6. The van der Waals surface area contributed by atoms with E-state index in [9.17, 15) is 9.59 Å². The number of carbonyl (C=O) groups excluding carboxylic acids is 2. The van der Waals surface area contributed by atoms with Crippen molar-refractivity contribution in [2.45, 2.75) is 6.42 Å². The van der Waals surface area contributed by atoms with E-state index in [0.29, 0.717) is 19.0 Å². The van der Waals surface area contributed by atoms with E-state index in [4.69, 9.17) is 5.73 Å². The predicted molar refractivity (Wildman–Crippen MR) is 107 cm³/mol. The van der Waals surface area contributed by atoms with Crippen LogP contribution < -0.4 is 10.6 Å². The molecule has 2 amide bonds. The molecule has 3 fully saturated rings. The Labute approximate surface area is 169 Å². The third-order valence-electron chi connectivity index (χ3n) is 6.60. The van der Waals surface area contributed by atoms with Crippen molar-refractivity contribution in [3.05, 3.63) is 30.6 Å². The van der Waals surface area contributed by atoms with E-state index < -0.39 is 0 Å². The summed E-state index contributed by atoms with van der Waals surface area (Å²) in [6.45, 7) is 3.64. The van der Waals surface area contributed by atoms with Gasteiger partial charge < -0.3 is 15.5 Å². The molecule has 1 aromatic heterocycles. The molecule has 5 rings (SSSR count). The normalized spacial score (nSPS) is 31.2. The highest BCUT2D eigenvalue weighted by Crippen LogP contribution is 2.52. The fourth-order valence-electron chi connectivity index (χ4n) is 5.14. The molecule has 1 saturated carbocycles. The van der Waals surface area contributed by atoms with E-state index in [1.807, 2.05) is 4.90 Å². The summed E-state index contributed by atoms with van der Waals surface area (Å²) in [6, 6.07) is 1.80. The number of piperazine rings is 1. The number of allylic oxidation sites excluding steroid dienone is 2. The average Bonchev–Trinajstić information content (AvgIpc) is 3.44. The number of likely N-dealkylation sites (tertiary alicyclic amines) is 1. The van der Waals surface area contributed by atoms with Crippen molar-refractivity contribution in [2.75, 3.05) is 44.2 Å². The number of rotatable bonds is 4. The van der Waals surface area contributed by atoms with Gasteiger partial charge in [-0.25, -0.2) is 9.97 Å². The van der Waals surface area contributed by atoms with Gasteiger partial charge in [0, 0.05) is 45.1 Å². The molecule has 2 bridgehead atoms. The van der Waals surface area contributed by atoms with Crippen LogP contribution in [0.2, 0.25) is 0 Å². The van der Waals surface area contributed by atoms with Crippen LogP contribution >= 0.6 is 0 Å². The quantitative estimate of drug-likeness (QED) is 0.323. The van der Waals surface area contributed by atoms with Crippen LogP contribution in [-0.4, -0.2) is 76.8 Å². The number of nitrogens with two attached hydrogens (primary N) is 1. The molecule has 4 atom stereocenters.